The molecule has 0 aliphatic carbocycles. The third-order valence-electron chi connectivity index (χ3n) is 3.12. The number of thioether (sulfide) groups is 1. The Kier molecular flexibility index (Phi) is 6.19. The molecule has 0 fully saturated rings. The van der Waals surface area contributed by atoms with Gasteiger partial charge in [-0.1, -0.05) is 30.3 Å². The second-order valence-electron chi connectivity index (χ2n) is 4.98. The first kappa shape index (κ1) is 17.1. The molecule has 0 heterocycles. The lowest BCUT2D eigenvalue weighted by molar-refractivity contribution is -0.128. The quantitative estimate of drug-likeness (QED) is 0.432. The lowest BCUT2D eigenvalue weighted by Gasteiger charge is -2.15. The normalized spacial score (nSPS) is 11.6. The highest BCUT2D eigenvalue weighted by Gasteiger charge is 2.20. The number of anilines is 1. The molecule has 0 aliphatic heterocycles. The number of hydroxylamine groups is 1. The number of hydrogen-bond acceptors (Lipinski definition) is 4. The van der Waals surface area contributed by atoms with Crippen LogP contribution in [0.1, 0.15) is 12.5 Å². The summed E-state index contributed by atoms with van der Waals surface area (Å²) in [6, 6.07) is 16.8. The average molecular weight is 330 g/mol. The van der Waals surface area contributed by atoms with Crippen molar-refractivity contribution in [2.45, 2.75) is 23.5 Å². The van der Waals surface area contributed by atoms with Gasteiger partial charge in [0.2, 0.25) is 5.91 Å². The highest BCUT2D eigenvalue weighted by atomic mass is 32.2. The Bertz CT molecular complexity index is 659. The van der Waals surface area contributed by atoms with Gasteiger partial charge >= 0.3 is 0 Å². The lowest BCUT2D eigenvalue weighted by Crippen LogP contribution is -2.31. The second kappa shape index (κ2) is 8.36. The van der Waals surface area contributed by atoms with Crippen LogP contribution in [-0.2, 0) is 16.0 Å². The molecule has 3 N–H and O–H groups in total. The van der Waals surface area contributed by atoms with E-state index in [0.717, 1.165) is 10.5 Å². The molecule has 1 atom stereocenters. The number of amides is 2. The molecule has 2 rings (SSSR count). The molecular formula is C17H18N2O3S. The topological polar surface area (TPSA) is 78.4 Å². The van der Waals surface area contributed by atoms with Crippen molar-refractivity contribution in [2.24, 2.45) is 0 Å². The van der Waals surface area contributed by atoms with E-state index in [1.165, 1.54) is 18.7 Å². The molecule has 2 amide bonds. The van der Waals surface area contributed by atoms with E-state index in [-0.39, 0.29) is 5.91 Å². The van der Waals surface area contributed by atoms with Gasteiger partial charge in [-0.25, -0.2) is 5.48 Å². The van der Waals surface area contributed by atoms with Gasteiger partial charge in [-0.05, 0) is 36.2 Å². The van der Waals surface area contributed by atoms with Gasteiger partial charge in [0.1, 0.15) is 0 Å². The van der Waals surface area contributed by atoms with Gasteiger partial charge in [-0.15, -0.1) is 11.8 Å². The monoisotopic (exact) mass is 330 g/mol. The molecule has 2 aromatic rings. The fourth-order valence-corrected chi connectivity index (χ4v) is 3.13. The Morgan fingerprint density at radius 2 is 1.74 bits per heavy atom. The molecule has 5 nitrogen and oxygen atoms in total. The van der Waals surface area contributed by atoms with Gasteiger partial charge in [0.25, 0.3) is 5.91 Å². The van der Waals surface area contributed by atoms with Crippen LogP contribution in [0.15, 0.2) is 59.5 Å². The summed E-state index contributed by atoms with van der Waals surface area (Å²) < 4.78 is 0. The predicted molar refractivity (Wildman–Crippen MR) is 90.5 cm³/mol. The molecule has 6 heteroatoms. The molecule has 0 saturated carbocycles. The summed E-state index contributed by atoms with van der Waals surface area (Å²) in [5.74, 6) is -0.572. The number of carbonyl (C=O) groups excluding carboxylic acids is 2. The highest BCUT2D eigenvalue weighted by molar-refractivity contribution is 8.00. The van der Waals surface area contributed by atoms with Crippen LogP contribution in [0, 0.1) is 0 Å². The fraction of sp³-hybridized carbons (Fsp3) is 0.176. The maximum absolute atomic E-state index is 11.9. The van der Waals surface area contributed by atoms with E-state index in [4.69, 9.17) is 5.21 Å². The standard InChI is InChI=1S/C17H18N2O3S/c1-12(20)18-14-7-9-15(10-8-14)23-16(17(21)19-22)11-13-5-3-2-4-6-13/h2-10,16,22H,11H2,1H3,(H,18,20)(H,19,21). The average Bonchev–Trinajstić information content (AvgIpc) is 2.55. The lowest BCUT2D eigenvalue weighted by atomic mass is 10.1. The van der Waals surface area contributed by atoms with E-state index in [1.807, 2.05) is 42.5 Å². The summed E-state index contributed by atoms with van der Waals surface area (Å²) in [5, 5.41) is 11.2. The first-order chi connectivity index (χ1) is 11.1. The molecule has 23 heavy (non-hydrogen) atoms. The largest absolute Gasteiger partial charge is 0.326 e. The first-order valence-electron chi connectivity index (χ1n) is 7.10. The summed E-state index contributed by atoms with van der Waals surface area (Å²) in [6.07, 6.45) is 0.505. The minimum absolute atomic E-state index is 0.132. The Morgan fingerprint density at radius 3 is 2.30 bits per heavy atom. The van der Waals surface area contributed by atoms with Crippen LogP contribution in [-0.4, -0.2) is 22.3 Å². The third-order valence-corrected chi connectivity index (χ3v) is 4.33. The van der Waals surface area contributed by atoms with Crippen molar-refractivity contribution >= 4 is 29.3 Å². The van der Waals surface area contributed by atoms with Gasteiger partial charge in [0.05, 0.1) is 5.25 Å². The second-order valence-corrected chi connectivity index (χ2v) is 6.25. The Morgan fingerprint density at radius 1 is 1.09 bits per heavy atom. The van der Waals surface area contributed by atoms with Crippen LogP contribution in [0.5, 0.6) is 0 Å². The zero-order chi connectivity index (χ0) is 16.7. The van der Waals surface area contributed by atoms with Crippen LogP contribution in [0.25, 0.3) is 0 Å². The SMILES string of the molecule is CC(=O)Nc1ccc(SC(Cc2ccccc2)C(=O)NO)cc1. The molecule has 0 aromatic heterocycles. The Hall–Kier alpha value is -2.31. The van der Waals surface area contributed by atoms with Gasteiger partial charge in [0, 0.05) is 17.5 Å². The predicted octanol–water partition coefficient (Wildman–Crippen LogP) is 2.85. The van der Waals surface area contributed by atoms with Crippen LogP contribution >= 0.6 is 11.8 Å². The Balaban J connectivity index is 2.08. The summed E-state index contributed by atoms with van der Waals surface area (Å²) in [6.45, 7) is 1.45. The third kappa shape index (κ3) is 5.43. The number of rotatable bonds is 6. The zero-order valence-electron chi connectivity index (χ0n) is 12.7. The maximum atomic E-state index is 11.9. The molecule has 0 aliphatic rings. The highest BCUT2D eigenvalue weighted by Crippen LogP contribution is 2.27. The van der Waals surface area contributed by atoms with Crippen molar-refractivity contribution < 1.29 is 14.8 Å². The van der Waals surface area contributed by atoms with E-state index in [2.05, 4.69) is 5.32 Å². The van der Waals surface area contributed by atoms with Crippen molar-refractivity contribution in [3.63, 3.8) is 0 Å². The summed E-state index contributed by atoms with van der Waals surface area (Å²) >= 11 is 1.36. The van der Waals surface area contributed by atoms with Gasteiger partial charge in [-0.2, -0.15) is 0 Å². The minimum atomic E-state index is -0.450. The van der Waals surface area contributed by atoms with Crippen LogP contribution < -0.4 is 10.8 Å². The molecule has 0 radical (unpaired) electrons. The van der Waals surface area contributed by atoms with Gasteiger partial charge in [0.15, 0.2) is 0 Å². The van der Waals surface area contributed by atoms with E-state index >= 15 is 0 Å². The van der Waals surface area contributed by atoms with Crippen molar-refractivity contribution in [1.29, 1.82) is 0 Å². The molecule has 120 valence electrons. The van der Waals surface area contributed by atoms with Crippen LogP contribution in [0.3, 0.4) is 0 Å². The van der Waals surface area contributed by atoms with Gasteiger partial charge < -0.3 is 5.32 Å². The molecule has 0 spiro atoms. The number of benzene rings is 2. The van der Waals surface area contributed by atoms with Crippen molar-refractivity contribution in [2.75, 3.05) is 5.32 Å². The van der Waals surface area contributed by atoms with E-state index in [9.17, 15) is 9.59 Å². The van der Waals surface area contributed by atoms with Gasteiger partial charge in [-0.3, -0.25) is 14.8 Å². The Labute approximate surface area is 139 Å². The number of nitrogens with one attached hydrogen (secondary N) is 2. The molecule has 2 aromatic carbocycles. The molecular weight excluding hydrogens is 312 g/mol. The van der Waals surface area contributed by atoms with Crippen LogP contribution in [0.4, 0.5) is 5.69 Å². The van der Waals surface area contributed by atoms with E-state index in [0.29, 0.717) is 12.1 Å². The maximum Gasteiger partial charge on any atom is 0.257 e. The molecule has 0 saturated heterocycles. The fourth-order valence-electron chi connectivity index (χ4n) is 2.07. The van der Waals surface area contributed by atoms with Crippen molar-refractivity contribution in [3.8, 4) is 0 Å². The minimum Gasteiger partial charge on any atom is -0.326 e. The van der Waals surface area contributed by atoms with E-state index in [1.54, 1.807) is 17.6 Å². The number of hydrogen-bond donors (Lipinski definition) is 3. The zero-order valence-corrected chi connectivity index (χ0v) is 13.5. The number of carbonyl (C=O) groups is 2. The molecule has 1 unspecified atom stereocenters. The van der Waals surface area contributed by atoms with Crippen LogP contribution in [0.2, 0.25) is 0 Å². The molecule has 0 bridgehead atoms. The summed E-state index contributed by atoms with van der Waals surface area (Å²) in [4.78, 5) is 23.8. The summed E-state index contributed by atoms with van der Waals surface area (Å²) in [7, 11) is 0. The van der Waals surface area contributed by atoms with E-state index < -0.39 is 11.2 Å². The van der Waals surface area contributed by atoms with Crippen molar-refractivity contribution in [1.82, 2.24) is 5.48 Å². The smallest absolute Gasteiger partial charge is 0.257 e. The summed E-state index contributed by atoms with van der Waals surface area (Å²) in [5.41, 5.74) is 3.45. The first-order valence-corrected chi connectivity index (χ1v) is 7.98. The van der Waals surface area contributed by atoms with Crippen molar-refractivity contribution in [3.05, 3.63) is 60.2 Å².